The van der Waals surface area contributed by atoms with Crippen LogP contribution in [-0.4, -0.2) is 16.1 Å². The predicted molar refractivity (Wildman–Crippen MR) is 87.4 cm³/mol. The Kier molecular flexibility index (Phi) is 4.34. The highest BCUT2D eigenvalue weighted by atomic mass is 16.5. The highest BCUT2D eigenvalue weighted by Gasteiger charge is 2.11. The molecular weight excluding hydrogens is 290 g/mol. The Morgan fingerprint density at radius 3 is 2.65 bits per heavy atom. The lowest BCUT2D eigenvalue weighted by molar-refractivity contribution is 0.0697. The summed E-state index contributed by atoms with van der Waals surface area (Å²) in [5.41, 5.74) is 2.64. The zero-order chi connectivity index (χ0) is 16.1. The molecule has 0 radical (unpaired) electrons. The Morgan fingerprint density at radius 2 is 1.87 bits per heavy atom. The van der Waals surface area contributed by atoms with E-state index >= 15 is 0 Å². The molecule has 1 heterocycles. The number of ether oxygens (including phenoxy) is 1. The molecule has 0 aliphatic carbocycles. The molecule has 0 fully saturated rings. The van der Waals surface area contributed by atoms with Crippen LogP contribution in [0.3, 0.4) is 0 Å². The first kappa shape index (κ1) is 14.8. The number of benzene rings is 2. The third kappa shape index (κ3) is 3.55. The number of nitrogens with zero attached hydrogens (tertiary/aromatic N) is 1. The smallest absolute Gasteiger partial charge is 0.336 e. The van der Waals surface area contributed by atoms with Crippen molar-refractivity contribution in [3.63, 3.8) is 0 Å². The monoisotopic (exact) mass is 305 g/mol. The maximum absolute atomic E-state index is 11.3. The summed E-state index contributed by atoms with van der Waals surface area (Å²) in [6, 6.07) is 18.7. The number of pyridine rings is 1. The molecular formula is C19H15NO3. The van der Waals surface area contributed by atoms with Gasteiger partial charge in [0.15, 0.2) is 0 Å². The average molecular weight is 305 g/mol. The lowest BCUT2D eigenvalue weighted by Gasteiger charge is -2.09. The molecule has 3 aromatic rings. The molecule has 114 valence electrons. The summed E-state index contributed by atoms with van der Waals surface area (Å²) in [5, 5.41) is 9.29. The fourth-order valence-corrected chi connectivity index (χ4v) is 2.31. The number of aromatic nitrogens is 1. The molecule has 0 aliphatic rings. The van der Waals surface area contributed by atoms with Crippen molar-refractivity contribution in [2.45, 2.75) is 6.61 Å². The molecule has 1 N–H and O–H groups in total. The van der Waals surface area contributed by atoms with E-state index in [0.717, 1.165) is 11.1 Å². The van der Waals surface area contributed by atoms with Crippen LogP contribution in [0.25, 0.3) is 11.1 Å². The molecule has 0 saturated carbocycles. The van der Waals surface area contributed by atoms with E-state index in [9.17, 15) is 9.90 Å². The van der Waals surface area contributed by atoms with Crippen LogP contribution in [0.5, 0.6) is 5.75 Å². The van der Waals surface area contributed by atoms with Crippen molar-refractivity contribution in [1.82, 2.24) is 4.98 Å². The number of carboxylic acids is 1. The van der Waals surface area contributed by atoms with E-state index in [1.807, 2.05) is 54.6 Å². The van der Waals surface area contributed by atoms with E-state index in [2.05, 4.69) is 4.98 Å². The zero-order valence-electron chi connectivity index (χ0n) is 12.3. The molecule has 0 unspecified atom stereocenters. The number of carboxylic acid groups (broad SMARTS) is 1. The first-order chi connectivity index (χ1) is 11.2. The van der Waals surface area contributed by atoms with Crippen molar-refractivity contribution >= 4 is 5.97 Å². The van der Waals surface area contributed by atoms with Crippen LogP contribution in [0.4, 0.5) is 0 Å². The second kappa shape index (κ2) is 6.75. The first-order valence-corrected chi connectivity index (χ1v) is 7.18. The molecule has 1 aromatic heterocycles. The van der Waals surface area contributed by atoms with Crippen LogP contribution >= 0.6 is 0 Å². The fourth-order valence-electron chi connectivity index (χ4n) is 2.31. The van der Waals surface area contributed by atoms with Crippen LogP contribution < -0.4 is 4.74 Å². The van der Waals surface area contributed by atoms with Gasteiger partial charge in [-0.15, -0.1) is 0 Å². The number of carbonyl (C=O) groups is 1. The van der Waals surface area contributed by atoms with Crippen LogP contribution in [-0.2, 0) is 6.61 Å². The fraction of sp³-hybridized carbons (Fsp3) is 0.0526. The highest BCUT2D eigenvalue weighted by molar-refractivity contribution is 5.95. The summed E-state index contributed by atoms with van der Waals surface area (Å²) < 4.78 is 5.79. The van der Waals surface area contributed by atoms with Gasteiger partial charge in [-0.3, -0.25) is 4.98 Å². The largest absolute Gasteiger partial charge is 0.489 e. The average Bonchev–Trinajstić information content (AvgIpc) is 2.61. The van der Waals surface area contributed by atoms with Crippen molar-refractivity contribution in [2.24, 2.45) is 0 Å². The van der Waals surface area contributed by atoms with Gasteiger partial charge >= 0.3 is 5.97 Å². The van der Waals surface area contributed by atoms with Crippen LogP contribution in [0, 0.1) is 0 Å². The lowest BCUT2D eigenvalue weighted by Crippen LogP contribution is -2.00. The minimum absolute atomic E-state index is 0.222. The minimum Gasteiger partial charge on any atom is -0.489 e. The van der Waals surface area contributed by atoms with Gasteiger partial charge in [0.05, 0.1) is 5.56 Å². The van der Waals surface area contributed by atoms with Gasteiger partial charge in [0.1, 0.15) is 12.4 Å². The molecule has 0 spiro atoms. The summed E-state index contributed by atoms with van der Waals surface area (Å²) in [6.45, 7) is 0.461. The molecule has 0 amide bonds. The normalized spacial score (nSPS) is 10.3. The molecule has 0 saturated heterocycles. The van der Waals surface area contributed by atoms with Gasteiger partial charge < -0.3 is 9.84 Å². The second-order valence-corrected chi connectivity index (χ2v) is 5.03. The maximum atomic E-state index is 11.3. The Morgan fingerprint density at radius 1 is 1.04 bits per heavy atom. The Hall–Kier alpha value is -3.14. The van der Waals surface area contributed by atoms with Crippen molar-refractivity contribution in [1.29, 1.82) is 0 Å². The zero-order valence-corrected chi connectivity index (χ0v) is 12.3. The van der Waals surface area contributed by atoms with Crippen LogP contribution in [0.15, 0.2) is 73.1 Å². The van der Waals surface area contributed by atoms with E-state index < -0.39 is 5.97 Å². The quantitative estimate of drug-likeness (QED) is 0.773. The van der Waals surface area contributed by atoms with E-state index in [1.54, 1.807) is 6.20 Å². The number of hydrogen-bond acceptors (Lipinski definition) is 3. The molecule has 0 atom stereocenters. The van der Waals surface area contributed by atoms with Crippen molar-refractivity contribution in [3.8, 4) is 16.9 Å². The van der Waals surface area contributed by atoms with Crippen molar-refractivity contribution in [3.05, 3.63) is 84.2 Å². The van der Waals surface area contributed by atoms with Gasteiger partial charge in [-0.1, -0.05) is 42.5 Å². The van der Waals surface area contributed by atoms with Gasteiger partial charge in [0.2, 0.25) is 0 Å². The van der Waals surface area contributed by atoms with Crippen LogP contribution in [0.1, 0.15) is 15.9 Å². The topological polar surface area (TPSA) is 59.4 Å². The third-order valence-electron chi connectivity index (χ3n) is 3.44. The summed E-state index contributed by atoms with van der Waals surface area (Å²) >= 11 is 0. The lowest BCUT2D eigenvalue weighted by atomic mass is 10.0. The predicted octanol–water partition coefficient (Wildman–Crippen LogP) is 4.03. The number of aromatic carboxylic acids is 1. The van der Waals surface area contributed by atoms with E-state index in [4.69, 9.17) is 4.74 Å². The summed E-state index contributed by atoms with van der Waals surface area (Å²) in [4.78, 5) is 15.4. The van der Waals surface area contributed by atoms with Gasteiger partial charge in [-0.25, -0.2) is 4.79 Å². The minimum atomic E-state index is -0.974. The van der Waals surface area contributed by atoms with E-state index in [0.29, 0.717) is 17.9 Å². The SMILES string of the molecule is O=C(O)c1ccncc1-c1cccc(OCc2ccccc2)c1. The molecule has 3 rings (SSSR count). The second-order valence-electron chi connectivity index (χ2n) is 5.03. The summed E-state index contributed by atoms with van der Waals surface area (Å²) in [5.74, 6) is -0.287. The number of rotatable bonds is 5. The third-order valence-corrected chi connectivity index (χ3v) is 3.44. The molecule has 4 heteroatoms. The summed E-state index contributed by atoms with van der Waals surface area (Å²) in [6.07, 6.45) is 3.03. The van der Waals surface area contributed by atoms with Crippen molar-refractivity contribution < 1.29 is 14.6 Å². The number of hydrogen-bond donors (Lipinski definition) is 1. The standard InChI is InChI=1S/C19H15NO3/c21-19(22)17-9-10-20-12-18(17)15-7-4-8-16(11-15)23-13-14-5-2-1-3-6-14/h1-12H,13H2,(H,21,22). The Balaban J connectivity index is 1.84. The Labute approximate surface area is 134 Å². The molecule has 2 aromatic carbocycles. The van der Waals surface area contributed by atoms with Crippen LogP contribution in [0.2, 0.25) is 0 Å². The first-order valence-electron chi connectivity index (χ1n) is 7.18. The Bertz CT molecular complexity index is 816. The van der Waals surface area contributed by atoms with Gasteiger partial charge in [0.25, 0.3) is 0 Å². The summed E-state index contributed by atoms with van der Waals surface area (Å²) in [7, 11) is 0. The van der Waals surface area contributed by atoms with E-state index in [1.165, 1.54) is 12.3 Å². The van der Waals surface area contributed by atoms with Crippen molar-refractivity contribution in [2.75, 3.05) is 0 Å². The molecule has 0 aliphatic heterocycles. The van der Waals surface area contributed by atoms with Gasteiger partial charge in [-0.05, 0) is 29.3 Å². The molecule has 23 heavy (non-hydrogen) atoms. The molecule has 0 bridgehead atoms. The molecule has 4 nitrogen and oxygen atoms in total. The van der Waals surface area contributed by atoms with Gasteiger partial charge in [0, 0.05) is 18.0 Å². The highest BCUT2D eigenvalue weighted by Crippen LogP contribution is 2.26. The van der Waals surface area contributed by atoms with Gasteiger partial charge in [-0.2, -0.15) is 0 Å². The van der Waals surface area contributed by atoms with E-state index in [-0.39, 0.29) is 5.56 Å². The maximum Gasteiger partial charge on any atom is 0.336 e.